The fraction of sp³-hybridized carbons (Fsp3) is 0.855. The molecule has 0 saturated carbocycles. The van der Waals surface area contributed by atoms with Gasteiger partial charge in [0.05, 0.1) is 25.4 Å². The van der Waals surface area contributed by atoms with E-state index in [1.54, 1.807) is 6.08 Å². The van der Waals surface area contributed by atoms with Gasteiger partial charge in [-0.2, -0.15) is 0 Å². The molecular weight excluding hydrogens is 1000 g/mol. The molecule has 11 heteroatoms. The second-order valence-corrected chi connectivity index (χ2v) is 23.6. The summed E-state index contributed by atoms with van der Waals surface area (Å²) in [5.74, 6) is -1.19. The van der Waals surface area contributed by atoms with Crippen molar-refractivity contribution in [1.29, 1.82) is 0 Å². The lowest BCUT2D eigenvalue weighted by molar-refractivity contribution is -0.305. The molecule has 1 saturated heterocycles. The minimum Gasteiger partial charge on any atom is -0.454 e. The van der Waals surface area contributed by atoms with Gasteiger partial charge in [0.1, 0.15) is 24.4 Å². The number of esters is 1. The first kappa shape index (κ1) is 75.6. The third-order valence-electron chi connectivity index (χ3n) is 16.0. The van der Waals surface area contributed by atoms with Crippen molar-refractivity contribution in [2.24, 2.45) is 0 Å². The van der Waals surface area contributed by atoms with Crippen molar-refractivity contribution in [3.8, 4) is 0 Å². The molecule has 1 rings (SSSR count). The first-order chi connectivity index (χ1) is 39.2. The molecule has 1 aliphatic heterocycles. The third-order valence-corrected chi connectivity index (χ3v) is 16.0. The molecule has 6 N–H and O–H groups in total. The predicted molar refractivity (Wildman–Crippen MR) is 334 cm³/mol. The Bertz CT molecular complexity index is 1490. The summed E-state index contributed by atoms with van der Waals surface area (Å²) < 4.78 is 17.7. The number of aliphatic hydroxyl groups excluding tert-OH is 5. The van der Waals surface area contributed by atoms with Crippen molar-refractivity contribution >= 4 is 11.9 Å². The number of amides is 1. The van der Waals surface area contributed by atoms with E-state index in [0.717, 1.165) is 77.0 Å². The summed E-state index contributed by atoms with van der Waals surface area (Å²) >= 11 is 0. The Kier molecular flexibility index (Phi) is 54.0. The Morgan fingerprint density at radius 1 is 0.487 bits per heavy atom. The summed E-state index contributed by atoms with van der Waals surface area (Å²) in [5, 5.41) is 57.1. The molecule has 80 heavy (non-hydrogen) atoms. The van der Waals surface area contributed by atoms with Crippen LogP contribution in [0.1, 0.15) is 316 Å². The van der Waals surface area contributed by atoms with Crippen molar-refractivity contribution in [1.82, 2.24) is 5.32 Å². The lowest BCUT2D eigenvalue weighted by Gasteiger charge is -2.41. The lowest BCUT2D eigenvalue weighted by atomic mass is 9.99. The van der Waals surface area contributed by atoms with E-state index in [0.29, 0.717) is 12.8 Å². The van der Waals surface area contributed by atoms with Crippen LogP contribution in [0.3, 0.4) is 0 Å². The minimum atomic E-state index is -1.61. The summed E-state index contributed by atoms with van der Waals surface area (Å²) in [5.41, 5.74) is 0. The standard InChI is InChI=1S/C69H127NO10/c1-4-7-10-13-16-19-22-25-27-29-30-31-32-33-34-35-37-39-42-45-48-51-54-57-64(74)80-67-66(76)65(75)63(58-71)79-69(67)78-59-60(61(72)55-52-49-46-43-40-24-21-18-15-12-9-6-3)70-68(77)62(73)56-53-50-47-44-41-38-36-28-26-23-20-17-14-11-8-5-2/h16,19,25-28,52,55,60-63,65-67,69,71-73,75-76H,4-15,17-18,20-24,29-51,53-54,56-59H2,1-3H3,(H,70,77)/b19-16-,27-25-,28-26+,55-52+. The van der Waals surface area contributed by atoms with Crippen molar-refractivity contribution in [3.05, 3.63) is 48.6 Å². The molecule has 0 aromatic rings. The fourth-order valence-corrected chi connectivity index (χ4v) is 10.6. The van der Waals surface area contributed by atoms with Gasteiger partial charge in [-0.25, -0.2) is 0 Å². The number of hydrogen-bond donors (Lipinski definition) is 6. The van der Waals surface area contributed by atoms with Gasteiger partial charge in [-0.1, -0.05) is 275 Å². The summed E-state index contributed by atoms with van der Waals surface area (Å²) in [4.78, 5) is 26.6. The monoisotopic (exact) mass is 1130 g/mol. The number of hydrogen-bond acceptors (Lipinski definition) is 10. The number of carbonyl (C=O) groups is 2. The average Bonchev–Trinajstić information content (AvgIpc) is 3.48. The molecule has 0 bridgehead atoms. The molecule has 0 radical (unpaired) electrons. The third kappa shape index (κ3) is 44.2. The first-order valence-electron chi connectivity index (χ1n) is 33.9. The highest BCUT2D eigenvalue weighted by Gasteiger charge is 2.47. The SMILES string of the molecule is CCCCC/C=C\C/C=C\CCCCCCCCCCCCCCCC(=O)OC1C(OCC(NC(=O)C(O)CCCCCCCC/C=C/CCCCCCCC)C(O)/C=C/CCCCCCCCCCCC)OC(CO)C(O)C1O. The van der Waals surface area contributed by atoms with E-state index < -0.39 is 67.4 Å². The maximum atomic E-state index is 13.4. The second-order valence-electron chi connectivity index (χ2n) is 23.6. The molecule has 8 atom stereocenters. The zero-order valence-electron chi connectivity index (χ0n) is 52.0. The molecule has 468 valence electrons. The molecule has 1 amide bonds. The molecule has 0 aliphatic carbocycles. The van der Waals surface area contributed by atoms with Crippen molar-refractivity contribution in [2.45, 2.75) is 365 Å². The zero-order valence-corrected chi connectivity index (χ0v) is 52.0. The van der Waals surface area contributed by atoms with Gasteiger partial charge in [0.25, 0.3) is 0 Å². The Morgan fingerprint density at radius 2 is 0.863 bits per heavy atom. The summed E-state index contributed by atoms with van der Waals surface area (Å²) in [6.07, 6.45) is 60.0. The number of rotatable bonds is 58. The highest BCUT2D eigenvalue weighted by Crippen LogP contribution is 2.26. The number of carbonyl (C=O) groups excluding carboxylic acids is 2. The van der Waals surface area contributed by atoms with Crippen LogP contribution in [0.25, 0.3) is 0 Å². The Labute approximate surface area is 491 Å². The quantitative estimate of drug-likeness (QED) is 0.0195. The summed E-state index contributed by atoms with van der Waals surface area (Å²) in [7, 11) is 0. The van der Waals surface area contributed by atoms with Crippen molar-refractivity contribution < 1.29 is 49.3 Å². The van der Waals surface area contributed by atoms with Crippen LogP contribution in [-0.4, -0.2) is 99.6 Å². The van der Waals surface area contributed by atoms with Crippen LogP contribution in [-0.2, 0) is 23.8 Å². The highest BCUT2D eigenvalue weighted by molar-refractivity contribution is 5.80. The molecular formula is C69H127NO10. The van der Waals surface area contributed by atoms with E-state index in [9.17, 15) is 35.1 Å². The molecule has 8 unspecified atom stereocenters. The Balaban J connectivity index is 2.60. The minimum absolute atomic E-state index is 0.123. The number of nitrogens with one attached hydrogen (secondary N) is 1. The number of unbranched alkanes of at least 4 members (excludes halogenated alkanes) is 38. The normalized spacial score (nSPS) is 19.0. The summed E-state index contributed by atoms with van der Waals surface area (Å²) in [6, 6.07) is -1.03. The Morgan fingerprint density at radius 3 is 1.31 bits per heavy atom. The van der Waals surface area contributed by atoms with E-state index in [4.69, 9.17) is 14.2 Å². The predicted octanol–water partition coefficient (Wildman–Crippen LogP) is 16.8. The van der Waals surface area contributed by atoms with Crippen molar-refractivity contribution in [2.75, 3.05) is 13.2 Å². The lowest BCUT2D eigenvalue weighted by Crippen LogP contribution is -2.61. The van der Waals surface area contributed by atoms with Crippen LogP contribution in [0.2, 0.25) is 0 Å². The maximum absolute atomic E-state index is 13.4. The van der Waals surface area contributed by atoms with Gasteiger partial charge in [0.2, 0.25) is 5.91 Å². The number of ether oxygens (including phenoxy) is 3. The van der Waals surface area contributed by atoms with Gasteiger partial charge < -0.3 is 45.1 Å². The smallest absolute Gasteiger partial charge is 0.306 e. The van der Waals surface area contributed by atoms with E-state index in [1.807, 2.05) is 6.08 Å². The van der Waals surface area contributed by atoms with Crippen LogP contribution in [0.15, 0.2) is 48.6 Å². The van der Waals surface area contributed by atoms with E-state index in [1.165, 1.54) is 193 Å². The van der Waals surface area contributed by atoms with Crippen LogP contribution < -0.4 is 5.32 Å². The van der Waals surface area contributed by atoms with Crippen LogP contribution in [0.5, 0.6) is 0 Å². The number of allylic oxidation sites excluding steroid dienone is 7. The zero-order chi connectivity index (χ0) is 58.2. The average molecular weight is 1130 g/mol. The second kappa shape index (κ2) is 57.1. The molecule has 1 heterocycles. The van der Waals surface area contributed by atoms with Crippen LogP contribution in [0, 0.1) is 0 Å². The van der Waals surface area contributed by atoms with E-state index in [-0.39, 0.29) is 19.4 Å². The van der Waals surface area contributed by atoms with Gasteiger partial charge in [0.15, 0.2) is 12.4 Å². The van der Waals surface area contributed by atoms with Crippen molar-refractivity contribution in [3.63, 3.8) is 0 Å². The largest absolute Gasteiger partial charge is 0.454 e. The van der Waals surface area contributed by atoms with Gasteiger partial charge in [-0.15, -0.1) is 0 Å². The molecule has 1 fully saturated rings. The van der Waals surface area contributed by atoms with Crippen LogP contribution >= 0.6 is 0 Å². The van der Waals surface area contributed by atoms with Crippen LogP contribution in [0.4, 0.5) is 0 Å². The van der Waals surface area contributed by atoms with E-state index >= 15 is 0 Å². The maximum Gasteiger partial charge on any atom is 0.306 e. The fourth-order valence-electron chi connectivity index (χ4n) is 10.6. The first-order valence-corrected chi connectivity index (χ1v) is 33.9. The van der Waals surface area contributed by atoms with Gasteiger partial charge >= 0.3 is 5.97 Å². The molecule has 0 spiro atoms. The highest BCUT2D eigenvalue weighted by atomic mass is 16.7. The Hall–Kier alpha value is -2.38. The summed E-state index contributed by atoms with van der Waals surface area (Å²) in [6.45, 7) is 5.79. The molecule has 1 aliphatic rings. The van der Waals surface area contributed by atoms with E-state index in [2.05, 4.69) is 62.5 Å². The van der Waals surface area contributed by atoms with Gasteiger partial charge in [-0.05, 0) is 83.5 Å². The molecule has 11 nitrogen and oxygen atoms in total. The topological polar surface area (TPSA) is 175 Å². The number of aliphatic hydroxyl groups is 5. The van der Waals surface area contributed by atoms with Gasteiger partial charge in [-0.3, -0.25) is 9.59 Å². The molecule has 0 aromatic carbocycles. The molecule has 0 aromatic heterocycles. The van der Waals surface area contributed by atoms with Gasteiger partial charge in [0, 0.05) is 6.42 Å².